The van der Waals surface area contributed by atoms with Crippen LogP contribution in [0.2, 0.25) is 18.1 Å². The molecule has 7 heteroatoms. The van der Waals surface area contributed by atoms with E-state index in [0.717, 1.165) is 19.3 Å². The maximum atomic E-state index is 13.0. The fraction of sp³-hybridized carbons (Fsp3) is 0.952. The zero-order valence-electron chi connectivity index (χ0n) is 19.7. The van der Waals surface area contributed by atoms with Crippen LogP contribution in [0.25, 0.3) is 0 Å². The van der Waals surface area contributed by atoms with Crippen LogP contribution in [0.1, 0.15) is 74.7 Å². The topological polar surface area (TPSA) is 68.2 Å². The Hall–Kier alpha value is -0.633. The molecule has 0 saturated carbocycles. The summed E-state index contributed by atoms with van der Waals surface area (Å²) in [6, 6.07) is -0.210. The highest BCUT2D eigenvalue weighted by Crippen LogP contribution is 2.40. The number of amides is 1. The second-order valence-corrected chi connectivity index (χ2v) is 15.6. The van der Waals surface area contributed by atoms with Gasteiger partial charge in [-0.2, -0.15) is 0 Å². The summed E-state index contributed by atoms with van der Waals surface area (Å²) in [5.41, 5.74) is -1.33. The standard InChI is InChI=1S/C21H43NO5Si/c1-19(2,3)26-18(24)22-16(15-25-21(22,7)8)17(13-11-12-14-23)27-28(9,10)20(4,5)6/h16-17,23H,11-15H2,1-10H3/t16-,17+/m0/s1. The van der Waals surface area contributed by atoms with Crippen molar-refractivity contribution in [2.75, 3.05) is 13.2 Å². The summed E-state index contributed by atoms with van der Waals surface area (Å²) in [7, 11) is -2.05. The van der Waals surface area contributed by atoms with Crippen LogP contribution < -0.4 is 0 Å². The molecule has 1 fully saturated rings. The molecule has 0 radical (unpaired) electrons. The molecule has 0 aliphatic carbocycles. The van der Waals surface area contributed by atoms with Gasteiger partial charge in [0.05, 0.1) is 18.8 Å². The number of hydrogen-bond donors (Lipinski definition) is 1. The summed E-state index contributed by atoms with van der Waals surface area (Å²) in [4.78, 5) is 14.7. The summed E-state index contributed by atoms with van der Waals surface area (Å²) >= 11 is 0. The number of nitrogens with zero attached hydrogens (tertiary/aromatic N) is 1. The fourth-order valence-electron chi connectivity index (χ4n) is 3.12. The van der Waals surface area contributed by atoms with Crippen LogP contribution in [0.15, 0.2) is 0 Å². The first-order valence-corrected chi connectivity index (χ1v) is 13.4. The largest absolute Gasteiger partial charge is 0.444 e. The normalized spacial score (nSPS) is 21.7. The van der Waals surface area contributed by atoms with Crippen molar-refractivity contribution in [3.8, 4) is 0 Å². The molecule has 2 atom stereocenters. The van der Waals surface area contributed by atoms with E-state index < -0.39 is 19.6 Å². The van der Waals surface area contributed by atoms with Crippen molar-refractivity contribution < 1.29 is 23.8 Å². The van der Waals surface area contributed by atoms with Crippen molar-refractivity contribution in [1.82, 2.24) is 4.90 Å². The smallest absolute Gasteiger partial charge is 0.412 e. The van der Waals surface area contributed by atoms with Crippen LogP contribution in [0.4, 0.5) is 4.79 Å². The first-order chi connectivity index (χ1) is 12.5. The molecule has 6 nitrogen and oxygen atoms in total. The Morgan fingerprint density at radius 2 is 1.79 bits per heavy atom. The average molecular weight is 418 g/mol. The molecule has 1 aliphatic rings. The molecule has 0 aromatic carbocycles. The van der Waals surface area contributed by atoms with Crippen LogP contribution >= 0.6 is 0 Å². The van der Waals surface area contributed by atoms with E-state index in [1.807, 2.05) is 34.6 Å². The van der Waals surface area contributed by atoms with E-state index in [-0.39, 0.29) is 29.9 Å². The van der Waals surface area contributed by atoms with Gasteiger partial charge in [-0.25, -0.2) is 4.79 Å². The first kappa shape index (κ1) is 25.4. The predicted molar refractivity (Wildman–Crippen MR) is 115 cm³/mol. The molecule has 0 spiro atoms. The van der Waals surface area contributed by atoms with Crippen molar-refractivity contribution in [1.29, 1.82) is 0 Å². The van der Waals surface area contributed by atoms with E-state index in [2.05, 4.69) is 33.9 Å². The minimum absolute atomic E-state index is 0.0634. The van der Waals surface area contributed by atoms with Gasteiger partial charge in [-0.05, 0) is 72.0 Å². The van der Waals surface area contributed by atoms with E-state index in [9.17, 15) is 9.90 Å². The molecule has 0 bridgehead atoms. The summed E-state index contributed by atoms with van der Waals surface area (Å²) < 4.78 is 18.4. The molecule has 28 heavy (non-hydrogen) atoms. The summed E-state index contributed by atoms with van der Waals surface area (Å²) in [5.74, 6) is 0. The van der Waals surface area contributed by atoms with Gasteiger partial charge in [0.15, 0.2) is 8.32 Å². The van der Waals surface area contributed by atoms with Crippen LogP contribution in [-0.4, -0.2) is 61.1 Å². The van der Waals surface area contributed by atoms with Crippen molar-refractivity contribution >= 4 is 14.4 Å². The third-order valence-electron chi connectivity index (χ3n) is 5.69. The van der Waals surface area contributed by atoms with Gasteiger partial charge in [0.2, 0.25) is 0 Å². The van der Waals surface area contributed by atoms with Crippen LogP contribution in [0, 0.1) is 0 Å². The summed E-state index contributed by atoms with van der Waals surface area (Å²) in [6.45, 7) is 21.1. The predicted octanol–water partition coefficient (Wildman–Crippen LogP) is 4.91. The Balaban J connectivity index is 3.16. The van der Waals surface area contributed by atoms with Gasteiger partial charge in [-0.15, -0.1) is 0 Å². The minimum atomic E-state index is -2.05. The molecule has 1 saturated heterocycles. The van der Waals surface area contributed by atoms with Gasteiger partial charge in [0, 0.05) is 6.61 Å². The van der Waals surface area contributed by atoms with Crippen LogP contribution in [0.5, 0.6) is 0 Å². The lowest BCUT2D eigenvalue weighted by molar-refractivity contribution is -0.0675. The molecule has 0 aromatic heterocycles. The van der Waals surface area contributed by atoms with Crippen molar-refractivity contribution in [3.05, 3.63) is 0 Å². The fourth-order valence-corrected chi connectivity index (χ4v) is 4.50. The number of carbonyl (C=O) groups is 1. The number of rotatable bonds is 7. The number of aliphatic hydroxyl groups excluding tert-OH is 1. The van der Waals surface area contributed by atoms with E-state index in [4.69, 9.17) is 13.9 Å². The molecule has 1 aliphatic heterocycles. The van der Waals surface area contributed by atoms with Crippen LogP contribution in [0.3, 0.4) is 0 Å². The number of aliphatic hydroxyl groups is 1. The number of ether oxygens (including phenoxy) is 2. The van der Waals surface area contributed by atoms with Gasteiger partial charge in [0.1, 0.15) is 11.3 Å². The van der Waals surface area contributed by atoms with Crippen molar-refractivity contribution in [3.63, 3.8) is 0 Å². The van der Waals surface area contributed by atoms with E-state index in [1.54, 1.807) is 4.90 Å². The molecule has 1 N–H and O–H groups in total. The molecule has 1 heterocycles. The van der Waals surface area contributed by atoms with Gasteiger partial charge >= 0.3 is 6.09 Å². The van der Waals surface area contributed by atoms with Gasteiger partial charge in [-0.1, -0.05) is 20.8 Å². The van der Waals surface area contributed by atoms with E-state index in [1.165, 1.54) is 0 Å². The maximum absolute atomic E-state index is 13.0. The highest BCUT2D eigenvalue weighted by molar-refractivity contribution is 6.74. The lowest BCUT2D eigenvalue weighted by Crippen LogP contribution is -2.56. The highest BCUT2D eigenvalue weighted by Gasteiger charge is 2.50. The number of unbranched alkanes of at least 4 members (excludes halogenated alkanes) is 1. The molecule has 0 unspecified atom stereocenters. The molecule has 1 rings (SSSR count). The van der Waals surface area contributed by atoms with E-state index >= 15 is 0 Å². The quantitative estimate of drug-likeness (QED) is 0.471. The molecular formula is C21H43NO5Si. The highest BCUT2D eigenvalue weighted by atomic mass is 28.4. The maximum Gasteiger partial charge on any atom is 0.412 e. The lowest BCUT2D eigenvalue weighted by Gasteiger charge is -2.43. The third-order valence-corrected chi connectivity index (χ3v) is 10.2. The van der Waals surface area contributed by atoms with Gasteiger partial charge in [-0.3, -0.25) is 4.90 Å². The summed E-state index contributed by atoms with van der Waals surface area (Å²) in [5, 5.41) is 9.28. The number of hydrogen-bond acceptors (Lipinski definition) is 5. The molecule has 166 valence electrons. The van der Waals surface area contributed by atoms with Crippen molar-refractivity contribution in [2.24, 2.45) is 0 Å². The first-order valence-electron chi connectivity index (χ1n) is 10.5. The molecule has 0 aromatic rings. The Kier molecular flexibility index (Phi) is 8.18. The van der Waals surface area contributed by atoms with Crippen LogP contribution in [-0.2, 0) is 13.9 Å². The number of carbonyl (C=O) groups excluding carboxylic acids is 1. The second-order valence-electron chi connectivity index (χ2n) is 10.8. The monoisotopic (exact) mass is 417 g/mol. The minimum Gasteiger partial charge on any atom is -0.444 e. The summed E-state index contributed by atoms with van der Waals surface area (Å²) in [6.07, 6.45) is 1.82. The van der Waals surface area contributed by atoms with E-state index in [0.29, 0.717) is 6.61 Å². The molecule has 1 amide bonds. The van der Waals surface area contributed by atoms with Gasteiger partial charge < -0.3 is 19.0 Å². The third kappa shape index (κ3) is 6.71. The Morgan fingerprint density at radius 1 is 1.21 bits per heavy atom. The zero-order chi connectivity index (χ0) is 22.0. The SMILES string of the molecule is CC(C)(C)OC(=O)N1[C@H]([C@@H](CCCCO)O[Si](C)(C)C(C)(C)C)COC1(C)C. The van der Waals surface area contributed by atoms with Gasteiger partial charge in [0.25, 0.3) is 0 Å². The second kappa shape index (κ2) is 9.02. The Bertz CT molecular complexity index is 522. The van der Waals surface area contributed by atoms with Crippen molar-refractivity contribution in [2.45, 2.75) is 116 Å². The molecular weight excluding hydrogens is 374 g/mol. The zero-order valence-corrected chi connectivity index (χ0v) is 20.7. The lowest BCUT2D eigenvalue weighted by atomic mass is 10.0. The Labute approximate surface area is 173 Å². The average Bonchev–Trinajstić information content (AvgIpc) is 2.78. The Morgan fingerprint density at radius 3 is 2.25 bits per heavy atom.